The van der Waals surface area contributed by atoms with Crippen LogP contribution in [0.2, 0.25) is 0 Å². The zero-order valence-electron chi connectivity index (χ0n) is 16.5. The molecule has 3 heterocycles. The van der Waals surface area contributed by atoms with Gasteiger partial charge in [0.2, 0.25) is 5.95 Å². The standard InChI is InChI=1S/C23H22N6O/c1-2-4-11-24-22-18-13-17(9-10-19(18)26-15-27-22)28-23-25-14-16-7-6-8-20(21(16)29-23)30-12-5-3-1/h1-2,6-10,13-15H,3-5,11-12H2,(H,24,26,27)(H,25,28,29)/b2-1-. The Morgan fingerprint density at radius 1 is 0.967 bits per heavy atom. The van der Waals surface area contributed by atoms with Crippen LogP contribution >= 0.6 is 0 Å². The van der Waals surface area contributed by atoms with Gasteiger partial charge in [-0.1, -0.05) is 24.3 Å². The molecule has 2 aromatic carbocycles. The van der Waals surface area contributed by atoms with Crippen molar-refractivity contribution >= 4 is 39.3 Å². The lowest BCUT2D eigenvalue weighted by Crippen LogP contribution is -2.04. The van der Waals surface area contributed by atoms with E-state index in [1.54, 1.807) is 6.33 Å². The Morgan fingerprint density at radius 3 is 2.93 bits per heavy atom. The molecule has 1 aliphatic rings. The Bertz CT molecular complexity index is 1220. The molecule has 0 radical (unpaired) electrons. The van der Waals surface area contributed by atoms with Crippen molar-refractivity contribution in [3.63, 3.8) is 0 Å². The third-order valence-electron chi connectivity index (χ3n) is 5.01. The van der Waals surface area contributed by atoms with Crippen molar-refractivity contribution in [2.24, 2.45) is 0 Å². The Balaban J connectivity index is 1.56. The highest BCUT2D eigenvalue weighted by molar-refractivity contribution is 5.92. The Labute approximate surface area is 174 Å². The summed E-state index contributed by atoms with van der Waals surface area (Å²) in [4.78, 5) is 18.0. The van der Waals surface area contributed by atoms with Crippen molar-refractivity contribution in [2.75, 3.05) is 23.8 Å². The molecule has 5 rings (SSSR count). The molecule has 2 N–H and O–H groups in total. The number of anilines is 3. The van der Waals surface area contributed by atoms with Crippen LogP contribution in [0, 0.1) is 0 Å². The lowest BCUT2D eigenvalue weighted by molar-refractivity contribution is 0.315. The summed E-state index contributed by atoms with van der Waals surface area (Å²) in [6.07, 6.45) is 10.7. The minimum atomic E-state index is 0.522. The summed E-state index contributed by atoms with van der Waals surface area (Å²) in [5.74, 6) is 2.13. The van der Waals surface area contributed by atoms with Gasteiger partial charge >= 0.3 is 0 Å². The van der Waals surface area contributed by atoms with E-state index in [4.69, 9.17) is 9.72 Å². The van der Waals surface area contributed by atoms with Crippen molar-refractivity contribution in [3.05, 3.63) is 61.1 Å². The molecule has 7 nitrogen and oxygen atoms in total. The first kappa shape index (κ1) is 18.3. The van der Waals surface area contributed by atoms with Crippen LogP contribution in [0.3, 0.4) is 0 Å². The molecule has 0 amide bonds. The number of allylic oxidation sites excluding steroid dienone is 1. The average Bonchev–Trinajstić information content (AvgIpc) is 2.78. The van der Waals surface area contributed by atoms with Crippen molar-refractivity contribution in [2.45, 2.75) is 19.3 Å². The zero-order valence-corrected chi connectivity index (χ0v) is 16.5. The first-order chi connectivity index (χ1) is 14.9. The molecule has 0 saturated carbocycles. The first-order valence-electron chi connectivity index (χ1n) is 10.2. The van der Waals surface area contributed by atoms with Gasteiger partial charge in [0.05, 0.1) is 12.1 Å². The molecule has 30 heavy (non-hydrogen) atoms. The SMILES string of the molecule is C1=C\CCNc2ncnc3ccc(cc23)Nc2ncc3cccc(c3n2)OCCC/1. The molecule has 0 spiro atoms. The third kappa shape index (κ3) is 3.87. The fourth-order valence-corrected chi connectivity index (χ4v) is 3.50. The molecule has 1 aliphatic heterocycles. The van der Waals surface area contributed by atoms with Crippen molar-refractivity contribution in [3.8, 4) is 5.75 Å². The molecule has 0 unspecified atom stereocenters. The van der Waals surface area contributed by atoms with Crippen LogP contribution in [0.4, 0.5) is 17.5 Å². The number of para-hydroxylation sites is 1. The van der Waals surface area contributed by atoms with Gasteiger partial charge in [-0.25, -0.2) is 19.9 Å². The van der Waals surface area contributed by atoms with E-state index in [-0.39, 0.29) is 0 Å². The molecule has 7 heteroatoms. The van der Waals surface area contributed by atoms with Gasteiger partial charge in [0.15, 0.2) is 0 Å². The van der Waals surface area contributed by atoms with Gasteiger partial charge in [-0.3, -0.25) is 0 Å². The maximum atomic E-state index is 6.02. The highest BCUT2D eigenvalue weighted by Crippen LogP contribution is 2.27. The molecular formula is C23H22N6O. The summed E-state index contributed by atoms with van der Waals surface area (Å²) in [6, 6.07) is 11.9. The predicted molar refractivity (Wildman–Crippen MR) is 119 cm³/mol. The second kappa shape index (κ2) is 8.32. The summed E-state index contributed by atoms with van der Waals surface area (Å²) in [7, 11) is 0. The molecule has 0 fully saturated rings. The Kier molecular flexibility index (Phi) is 5.08. The quantitative estimate of drug-likeness (QED) is 0.410. The van der Waals surface area contributed by atoms with Gasteiger partial charge in [0, 0.05) is 29.2 Å². The molecule has 0 atom stereocenters. The van der Waals surface area contributed by atoms with E-state index in [1.165, 1.54) is 0 Å². The normalized spacial score (nSPS) is 15.7. The Morgan fingerprint density at radius 2 is 1.93 bits per heavy atom. The summed E-state index contributed by atoms with van der Waals surface area (Å²) >= 11 is 0. The second-order valence-electron chi connectivity index (χ2n) is 7.14. The fraction of sp³-hybridized carbons (Fsp3) is 0.217. The van der Waals surface area contributed by atoms with Crippen LogP contribution in [0.5, 0.6) is 5.75 Å². The molecular weight excluding hydrogens is 376 g/mol. The topological polar surface area (TPSA) is 84.9 Å². The summed E-state index contributed by atoms with van der Waals surface area (Å²) in [5, 5.41) is 8.63. The lowest BCUT2D eigenvalue weighted by atomic mass is 10.2. The van der Waals surface area contributed by atoms with Crippen LogP contribution in [0.1, 0.15) is 19.3 Å². The summed E-state index contributed by atoms with van der Waals surface area (Å²) in [5.41, 5.74) is 2.57. The van der Waals surface area contributed by atoms with Crippen LogP contribution in [0.25, 0.3) is 21.8 Å². The average molecular weight is 398 g/mol. The minimum Gasteiger partial charge on any atom is -0.491 e. The van der Waals surface area contributed by atoms with E-state index in [1.807, 2.05) is 42.6 Å². The van der Waals surface area contributed by atoms with Crippen molar-refractivity contribution < 1.29 is 4.74 Å². The highest BCUT2D eigenvalue weighted by atomic mass is 16.5. The minimum absolute atomic E-state index is 0.522. The summed E-state index contributed by atoms with van der Waals surface area (Å²) in [6.45, 7) is 1.46. The van der Waals surface area contributed by atoms with Crippen LogP contribution in [-0.2, 0) is 0 Å². The van der Waals surface area contributed by atoms with Gasteiger partial charge in [-0.2, -0.15) is 0 Å². The molecule has 2 aromatic heterocycles. The maximum absolute atomic E-state index is 6.02. The van der Waals surface area contributed by atoms with Gasteiger partial charge in [0.25, 0.3) is 0 Å². The second-order valence-corrected chi connectivity index (χ2v) is 7.14. The number of benzene rings is 2. The van der Waals surface area contributed by atoms with E-state index < -0.39 is 0 Å². The largest absolute Gasteiger partial charge is 0.491 e. The van der Waals surface area contributed by atoms with Crippen LogP contribution in [0.15, 0.2) is 61.1 Å². The smallest absolute Gasteiger partial charge is 0.227 e. The molecule has 150 valence electrons. The van der Waals surface area contributed by atoms with E-state index in [0.29, 0.717) is 12.6 Å². The Hall–Kier alpha value is -3.74. The van der Waals surface area contributed by atoms with E-state index >= 15 is 0 Å². The van der Waals surface area contributed by atoms with Crippen molar-refractivity contribution in [1.82, 2.24) is 19.9 Å². The van der Waals surface area contributed by atoms with Gasteiger partial charge in [-0.05, 0) is 43.5 Å². The van der Waals surface area contributed by atoms with Crippen LogP contribution in [-0.4, -0.2) is 33.1 Å². The number of ether oxygens (including phenoxy) is 1. The molecule has 0 aliphatic carbocycles. The van der Waals surface area contributed by atoms with E-state index in [0.717, 1.165) is 64.9 Å². The van der Waals surface area contributed by atoms with Gasteiger partial charge in [0.1, 0.15) is 23.4 Å². The van der Waals surface area contributed by atoms with Crippen molar-refractivity contribution in [1.29, 1.82) is 0 Å². The zero-order chi connectivity index (χ0) is 20.2. The fourth-order valence-electron chi connectivity index (χ4n) is 3.50. The maximum Gasteiger partial charge on any atom is 0.227 e. The highest BCUT2D eigenvalue weighted by Gasteiger charge is 2.09. The molecule has 4 aromatic rings. The van der Waals surface area contributed by atoms with Gasteiger partial charge < -0.3 is 15.4 Å². The molecule has 0 saturated heterocycles. The summed E-state index contributed by atoms with van der Waals surface area (Å²) < 4.78 is 6.02. The number of hydrogen-bond acceptors (Lipinski definition) is 7. The van der Waals surface area contributed by atoms with E-state index in [9.17, 15) is 0 Å². The lowest BCUT2D eigenvalue weighted by Gasteiger charge is -2.12. The number of nitrogens with one attached hydrogen (secondary N) is 2. The van der Waals surface area contributed by atoms with Crippen LogP contribution < -0.4 is 15.4 Å². The predicted octanol–water partition coefficient (Wildman–Crippen LogP) is 4.85. The third-order valence-corrected chi connectivity index (χ3v) is 5.01. The molecule has 4 bridgehead atoms. The number of hydrogen-bond donors (Lipinski definition) is 2. The first-order valence-corrected chi connectivity index (χ1v) is 10.2. The number of rotatable bonds is 0. The van der Waals surface area contributed by atoms with E-state index in [2.05, 4.69) is 37.7 Å². The number of fused-ring (bicyclic) bond motifs is 2. The number of nitrogens with zero attached hydrogens (tertiary/aromatic N) is 4. The monoisotopic (exact) mass is 398 g/mol. The van der Waals surface area contributed by atoms with Gasteiger partial charge in [-0.15, -0.1) is 0 Å². The number of aromatic nitrogens is 4.